The van der Waals surface area contributed by atoms with Gasteiger partial charge in [-0.1, -0.05) is 42.5 Å². The number of sulfone groups is 1. The number of hydrogen-bond acceptors (Lipinski definition) is 3. The summed E-state index contributed by atoms with van der Waals surface area (Å²) in [6.45, 7) is 0.191. The average Bonchev–Trinajstić information content (AvgIpc) is 3.25. The van der Waals surface area contributed by atoms with Gasteiger partial charge in [0.05, 0.1) is 5.75 Å². The summed E-state index contributed by atoms with van der Waals surface area (Å²) in [7, 11) is -3.03. The Hall–Kier alpha value is -1.88. The molecular weight excluding hydrogens is 298 g/mol. The fourth-order valence-corrected chi connectivity index (χ4v) is 3.37. The molecule has 0 unspecified atom stereocenters. The van der Waals surface area contributed by atoms with Crippen LogP contribution in [-0.2, 0) is 14.6 Å². The number of fused-ring (bicyclic) bond motifs is 1. The van der Waals surface area contributed by atoms with Crippen molar-refractivity contribution >= 4 is 26.5 Å². The van der Waals surface area contributed by atoms with Gasteiger partial charge in [-0.3, -0.25) is 4.79 Å². The van der Waals surface area contributed by atoms with Gasteiger partial charge in [0, 0.05) is 18.7 Å². The summed E-state index contributed by atoms with van der Waals surface area (Å²) in [4.78, 5) is 12.1. The van der Waals surface area contributed by atoms with E-state index in [4.69, 9.17) is 0 Å². The quantitative estimate of drug-likeness (QED) is 0.918. The number of benzene rings is 2. The number of rotatable bonds is 5. The normalized spacial score (nSPS) is 20.8. The zero-order valence-corrected chi connectivity index (χ0v) is 13.3. The van der Waals surface area contributed by atoms with Crippen molar-refractivity contribution in [2.45, 2.75) is 12.3 Å². The molecule has 0 saturated heterocycles. The molecule has 0 heterocycles. The van der Waals surface area contributed by atoms with Crippen LogP contribution in [0.4, 0.5) is 0 Å². The molecule has 3 rings (SSSR count). The summed E-state index contributed by atoms with van der Waals surface area (Å²) in [5.41, 5.74) is 1.21. The zero-order chi connectivity index (χ0) is 15.7. The summed E-state index contributed by atoms with van der Waals surface area (Å²) >= 11 is 0. The average molecular weight is 317 g/mol. The molecule has 1 aliphatic carbocycles. The predicted molar refractivity (Wildman–Crippen MR) is 87.5 cm³/mol. The summed E-state index contributed by atoms with van der Waals surface area (Å²) < 4.78 is 22.2. The number of carbonyl (C=O) groups excluding carboxylic acids is 1. The van der Waals surface area contributed by atoms with Gasteiger partial charge in [0.25, 0.3) is 0 Å². The highest BCUT2D eigenvalue weighted by molar-refractivity contribution is 7.90. The first kappa shape index (κ1) is 15.0. The fraction of sp³-hybridized carbons (Fsp3) is 0.353. The minimum atomic E-state index is -3.03. The first-order chi connectivity index (χ1) is 10.5. The Labute approximate surface area is 130 Å². The van der Waals surface area contributed by atoms with Crippen molar-refractivity contribution in [2.24, 2.45) is 5.92 Å². The molecule has 1 amide bonds. The van der Waals surface area contributed by atoms with Crippen molar-refractivity contribution in [3.63, 3.8) is 0 Å². The van der Waals surface area contributed by atoms with Crippen molar-refractivity contribution in [1.82, 2.24) is 5.32 Å². The monoisotopic (exact) mass is 317 g/mol. The maximum Gasteiger partial charge on any atom is 0.223 e. The highest BCUT2D eigenvalue weighted by Crippen LogP contribution is 2.49. The molecule has 0 bridgehead atoms. The number of nitrogens with one attached hydrogen (secondary N) is 1. The van der Waals surface area contributed by atoms with Crippen LogP contribution in [0, 0.1) is 5.92 Å². The molecule has 2 atom stereocenters. The third kappa shape index (κ3) is 3.30. The lowest BCUT2D eigenvalue weighted by Gasteiger charge is -2.07. The van der Waals surface area contributed by atoms with Crippen LogP contribution in [-0.4, -0.2) is 32.9 Å². The minimum absolute atomic E-state index is 0.00953. The van der Waals surface area contributed by atoms with Gasteiger partial charge in [0.15, 0.2) is 0 Å². The van der Waals surface area contributed by atoms with Crippen LogP contribution in [0.3, 0.4) is 0 Å². The van der Waals surface area contributed by atoms with E-state index in [0.717, 1.165) is 6.42 Å². The lowest BCUT2D eigenvalue weighted by atomic mass is 10.00. The van der Waals surface area contributed by atoms with Crippen LogP contribution in [0.25, 0.3) is 10.8 Å². The van der Waals surface area contributed by atoms with Crippen molar-refractivity contribution in [3.8, 4) is 0 Å². The van der Waals surface area contributed by atoms with Gasteiger partial charge in [0.2, 0.25) is 5.91 Å². The Morgan fingerprint density at radius 3 is 2.68 bits per heavy atom. The summed E-state index contributed by atoms with van der Waals surface area (Å²) in [6, 6.07) is 14.3. The highest BCUT2D eigenvalue weighted by Gasteiger charge is 2.44. The molecule has 1 aliphatic rings. The van der Waals surface area contributed by atoms with E-state index >= 15 is 0 Å². The molecule has 0 aliphatic heterocycles. The van der Waals surface area contributed by atoms with Crippen LogP contribution < -0.4 is 5.32 Å². The van der Waals surface area contributed by atoms with Crippen LogP contribution in [0.5, 0.6) is 0 Å². The van der Waals surface area contributed by atoms with E-state index in [2.05, 4.69) is 29.6 Å². The van der Waals surface area contributed by atoms with Gasteiger partial charge >= 0.3 is 0 Å². The maximum absolute atomic E-state index is 12.1. The second kappa shape index (κ2) is 5.72. The van der Waals surface area contributed by atoms with E-state index in [1.807, 2.05) is 18.2 Å². The first-order valence-corrected chi connectivity index (χ1v) is 9.45. The lowest BCUT2D eigenvalue weighted by Crippen LogP contribution is -2.30. The lowest BCUT2D eigenvalue weighted by molar-refractivity contribution is -0.122. The second-order valence-electron chi connectivity index (χ2n) is 5.94. The topological polar surface area (TPSA) is 63.2 Å². The van der Waals surface area contributed by atoms with E-state index in [9.17, 15) is 13.2 Å². The molecule has 1 saturated carbocycles. The van der Waals surface area contributed by atoms with Crippen LogP contribution in [0.15, 0.2) is 42.5 Å². The Kier molecular flexibility index (Phi) is 3.91. The third-order valence-corrected chi connectivity index (χ3v) is 5.07. The number of amides is 1. The minimum Gasteiger partial charge on any atom is -0.355 e. The fourth-order valence-electron chi connectivity index (χ4n) is 2.89. The van der Waals surface area contributed by atoms with E-state index in [-0.39, 0.29) is 30.0 Å². The first-order valence-electron chi connectivity index (χ1n) is 7.39. The van der Waals surface area contributed by atoms with Crippen molar-refractivity contribution in [1.29, 1.82) is 0 Å². The molecule has 22 heavy (non-hydrogen) atoms. The van der Waals surface area contributed by atoms with Gasteiger partial charge < -0.3 is 5.32 Å². The molecule has 2 aromatic carbocycles. The highest BCUT2D eigenvalue weighted by atomic mass is 32.2. The van der Waals surface area contributed by atoms with E-state index in [1.54, 1.807) is 0 Å². The maximum atomic E-state index is 12.1. The van der Waals surface area contributed by atoms with Gasteiger partial charge in [0.1, 0.15) is 9.84 Å². The summed E-state index contributed by atoms with van der Waals surface area (Å²) in [6.07, 6.45) is 2.01. The second-order valence-corrected chi connectivity index (χ2v) is 8.20. The Balaban J connectivity index is 1.67. The summed E-state index contributed by atoms with van der Waals surface area (Å²) in [5, 5.41) is 5.11. The smallest absolute Gasteiger partial charge is 0.223 e. The van der Waals surface area contributed by atoms with Gasteiger partial charge in [-0.25, -0.2) is 8.42 Å². The Bertz CT molecular complexity index is 808. The molecule has 2 aromatic rings. The Morgan fingerprint density at radius 2 is 1.91 bits per heavy atom. The van der Waals surface area contributed by atoms with Gasteiger partial charge in [-0.15, -0.1) is 0 Å². The third-order valence-electron chi connectivity index (χ3n) is 4.12. The van der Waals surface area contributed by atoms with E-state index in [0.29, 0.717) is 0 Å². The number of carbonyl (C=O) groups is 1. The van der Waals surface area contributed by atoms with E-state index in [1.165, 1.54) is 22.6 Å². The molecule has 0 aromatic heterocycles. The molecule has 4 nitrogen and oxygen atoms in total. The van der Waals surface area contributed by atoms with Crippen molar-refractivity contribution in [3.05, 3.63) is 48.0 Å². The molecule has 1 N–H and O–H groups in total. The van der Waals surface area contributed by atoms with Crippen molar-refractivity contribution < 1.29 is 13.2 Å². The standard InChI is InChI=1S/C17H19NO3S/c1-22(20,21)10-9-18-17(19)16-11-15(16)14-8-4-6-12-5-2-3-7-13(12)14/h2-8,15-16H,9-11H2,1H3,(H,18,19)/t15-,16-/m0/s1. The molecule has 1 fully saturated rings. The van der Waals surface area contributed by atoms with Gasteiger partial charge in [-0.05, 0) is 28.7 Å². The Morgan fingerprint density at radius 1 is 1.18 bits per heavy atom. The largest absolute Gasteiger partial charge is 0.355 e. The molecular formula is C17H19NO3S. The molecule has 116 valence electrons. The molecule has 5 heteroatoms. The van der Waals surface area contributed by atoms with Crippen LogP contribution in [0.2, 0.25) is 0 Å². The molecule has 0 spiro atoms. The predicted octanol–water partition coefficient (Wildman–Crippen LogP) is 2.10. The SMILES string of the molecule is CS(=O)(=O)CCNC(=O)[C@H]1C[C@H]1c1cccc2ccccc12. The van der Waals surface area contributed by atoms with E-state index < -0.39 is 9.84 Å². The molecule has 0 radical (unpaired) electrons. The van der Waals surface area contributed by atoms with Crippen LogP contribution in [0.1, 0.15) is 17.9 Å². The van der Waals surface area contributed by atoms with Gasteiger partial charge in [-0.2, -0.15) is 0 Å². The number of hydrogen-bond donors (Lipinski definition) is 1. The zero-order valence-electron chi connectivity index (χ0n) is 12.5. The summed E-state index contributed by atoms with van der Waals surface area (Å²) in [5.74, 6) is 0.154. The van der Waals surface area contributed by atoms with Crippen molar-refractivity contribution in [2.75, 3.05) is 18.6 Å². The van der Waals surface area contributed by atoms with Crippen LogP contribution >= 0.6 is 0 Å².